The molecular weight excluding hydrogens is 179 g/mol. The summed E-state index contributed by atoms with van der Waals surface area (Å²) in [6.07, 6.45) is 1.73. The smallest absolute Gasteiger partial charge is 0.342 e. The number of aryl methyl sites for hydroxylation is 1. The molecule has 0 bridgehead atoms. The van der Waals surface area contributed by atoms with Crippen molar-refractivity contribution in [3.8, 4) is 5.88 Å². The quantitative estimate of drug-likeness (QED) is 0.694. The fourth-order valence-corrected chi connectivity index (χ4v) is 0.958. The Morgan fingerprint density at radius 3 is 3.08 bits per heavy atom. The molecule has 0 aliphatic rings. The van der Waals surface area contributed by atoms with Crippen molar-refractivity contribution in [3.05, 3.63) is 11.8 Å². The Bertz CT molecular complexity index is 297. The molecule has 0 saturated heterocycles. The zero-order valence-electron chi connectivity index (χ0n) is 6.52. The lowest BCUT2D eigenvalue weighted by atomic mass is 10.3. The Morgan fingerprint density at radius 2 is 2.58 bits per heavy atom. The predicted octanol–water partition coefficient (Wildman–Crippen LogP) is 0.330. The van der Waals surface area contributed by atoms with Gasteiger partial charge in [-0.25, -0.2) is 4.79 Å². The Balaban J connectivity index is 2.99. The van der Waals surface area contributed by atoms with Crippen LogP contribution in [0.2, 0.25) is 0 Å². The minimum absolute atomic E-state index is 0.0833. The molecule has 5 nitrogen and oxygen atoms in total. The SMILES string of the molecule is Cn1cc(C(=O)O)c(OCP)n1. The van der Waals surface area contributed by atoms with Gasteiger partial charge in [0, 0.05) is 13.2 Å². The molecule has 0 aliphatic heterocycles. The van der Waals surface area contributed by atoms with Crippen LogP contribution in [0.4, 0.5) is 0 Å². The van der Waals surface area contributed by atoms with Gasteiger partial charge in [-0.15, -0.1) is 5.10 Å². The number of hydrogen-bond donors (Lipinski definition) is 1. The summed E-state index contributed by atoms with van der Waals surface area (Å²) in [6.45, 7) is 0. The van der Waals surface area contributed by atoms with Gasteiger partial charge in [0.1, 0.15) is 11.9 Å². The van der Waals surface area contributed by atoms with E-state index < -0.39 is 5.97 Å². The highest BCUT2D eigenvalue weighted by atomic mass is 31.0. The number of rotatable bonds is 3. The van der Waals surface area contributed by atoms with Gasteiger partial charge in [-0.2, -0.15) is 0 Å². The fourth-order valence-electron chi connectivity index (χ4n) is 0.800. The average Bonchev–Trinajstić information content (AvgIpc) is 2.32. The van der Waals surface area contributed by atoms with Gasteiger partial charge in [-0.1, -0.05) is 9.24 Å². The summed E-state index contributed by atoms with van der Waals surface area (Å²) in [5.74, 6) is -0.878. The highest BCUT2D eigenvalue weighted by Gasteiger charge is 2.14. The van der Waals surface area contributed by atoms with Gasteiger partial charge in [0.25, 0.3) is 0 Å². The second kappa shape index (κ2) is 3.54. The molecule has 1 N–H and O–H groups in total. The summed E-state index contributed by atoms with van der Waals surface area (Å²) in [6, 6.07) is 0. The highest BCUT2D eigenvalue weighted by molar-refractivity contribution is 7.16. The summed E-state index contributed by atoms with van der Waals surface area (Å²) in [5, 5.41) is 12.5. The molecule has 66 valence electrons. The Labute approximate surface area is 71.5 Å². The number of carbonyl (C=O) groups is 1. The van der Waals surface area contributed by atoms with Crippen LogP contribution < -0.4 is 4.74 Å². The van der Waals surface area contributed by atoms with Crippen LogP contribution in [0.1, 0.15) is 10.4 Å². The van der Waals surface area contributed by atoms with Crippen molar-refractivity contribution in [2.24, 2.45) is 7.05 Å². The van der Waals surface area contributed by atoms with Gasteiger partial charge in [-0.05, 0) is 0 Å². The monoisotopic (exact) mass is 188 g/mol. The third-order valence-electron chi connectivity index (χ3n) is 1.25. The Morgan fingerprint density at radius 1 is 1.92 bits per heavy atom. The van der Waals surface area contributed by atoms with Gasteiger partial charge in [0.05, 0.1) is 0 Å². The van der Waals surface area contributed by atoms with Crippen molar-refractivity contribution in [1.82, 2.24) is 9.78 Å². The molecule has 0 aliphatic carbocycles. The van der Waals surface area contributed by atoms with Crippen LogP contribution in [0.5, 0.6) is 5.88 Å². The van der Waals surface area contributed by atoms with Crippen molar-refractivity contribution in [2.75, 3.05) is 6.35 Å². The van der Waals surface area contributed by atoms with Crippen LogP contribution in [0.3, 0.4) is 0 Å². The number of carboxylic acid groups (broad SMARTS) is 1. The van der Waals surface area contributed by atoms with Gasteiger partial charge in [0.15, 0.2) is 0 Å². The summed E-state index contributed by atoms with van der Waals surface area (Å²) in [7, 11) is 3.97. The molecule has 1 aromatic heterocycles. The molecule has 0 amide bonds. The molecule has 1 atom stereocenters. The molecular formula is C6H9N2O3P. The topological polar surface area (TPSA) is 64.4 Å². The van der Waals surface area contributed by atoms with E-state index in [1.807, 2.05) is 0 Å². The van der Waals surface area contributed by atoms with Crippen molar-refractivity contribution in [2.45, 2.75) is 0 Å². The van der Waals surface area contributed by atoms with Crippen molar-refractivity contribution >= 4 is 15.2 Å². The first-order valence-corrected chi connectivity index (χ1v) is 4.06. The van der Waals surface area contributed by atoms with Crippen LogP contribution >= 0.6 is 9.24 Å². The molecule has 0 radical (unpaired) electrons. The molecule has 1 heterocycles. The number of aromatic nitrogens is 2. The minimum Gasteiger partial charge on any atom is -0.477 e. The second-order valence-corrected chi connectivity index (χ2v) is 2.47. The molecule has 1 unspecified atom stereocenters. The summed E-state index contributed by atoms with van der Waals surface area (Å²) in [5.41, 5.74) is 0.0833. The van der Waals surface area contributed by atoms with E-state index in [4.69, 9.17) is 9.84 Å². The zero-order chi connectivity index (χ0) is 9.14. The normalized spacial score (nSPS) is 9.83. The Kier molecular flexibility index (Phi) is 2.65. The fraction of sp³-hybridized carbons (Fsp3) is 0.333. The molecule has 0 spiro atoms. The molecule has 0 fully saturated rings. The van der Waals surface area contributed by atoms with Crippen molar-refractivity contribution < 1.29 is 14.6 Å². The summed E-state index contributed by atoms with van der Waals surface area (Å²) in [4.78, 5) is 10.6. The predicted molar refractivity (Wildman–Crippen MR) is 45.4 cm³/mol. The highest BCUT2D eigenvalue weighted by Crippen LogP contribution is 2.15. The zero-order valence-corrected chi connectivity index (χ0v) is 7.67. The third-order valence-corrected chi connectivity index (χ3v) is 1.41. The van der Waals surface area contributed by atoms with Gasteiger partial charge < -0.3 is 9.84 Å². The van der Waals surface area contributed by atoms with Crippen molar-refractivity contribution in [3.63, 3.8) is 0 Å². The maximum Gasteiger partial charge on any atom is 0.342 e. The number of carboxylic acids is 1. The first-order valence-electron chi connectivity index (χ1n) is 3.25. The maximum atomic E-state index is 10.6. The van der Waals surface area contributed by atoms with Crippen LogP contribution in [0.15, 0.2) is 6.20 Å². The van der Waals surface area contributed by atoms with Crippen molar-refractivity contribution in [1.29, 1.82) is 0 Å². The molecule has 1 aromatic rings. The van der Waals surface area contributed by atoms with E-state index in [2.05, 4.69) is 14.3 Å². The van der Waals surface area contributed by atoms with Crippen LogP contribution in [0.25, 0.3) is 0 Å². The van der Waals surface area contributed by atoms with E-state index in [1.54, 1.807) is 7.05 Å². The van der Waals surface area contributed by atoms with Gasteiger partial charge in [-0.3, -0.25) is 4.68 Å². The number of ether oxygens (including phenoxy) is 1. The average molecular weight is 188 g/mol. The van der Waals surface area contributed by atoms with Crippen LogP contribution in [0, 0.1) is 0 Å². The second-order valence-electron chi connectivity index (χ2n) is 2.14. The number of aromatic carboxylic acids is 1. The lowest BCUT2D eigenvalue weighted by Gasteiger charge is -1.97. The number of nitrogens with zero attached hydrogens (tertiary/aromatic N) is 2. The largest absolute Gasteiger partial charge is 0.477 e. The summed E-state index contributed by atoms with van der Waals surface area (Å²) >= 11 is 0. The van der Waals surface area contributed by atoms with E-state index in [-0.39, 0.29) is 11.4 Å². The minimum atomic E-state index is -1.03. The van der Waals surface area contributed by atoms with Gasteiger partial charge in [0.2, 0.25) is 5.88 Å². The Hall–Kier alpha value is -1.09. The van der Waals surface area contributed by atoms with E-state index in [1.165, 1.54) is 10.9 Å². The van der Waals surface area contributed by atoms with E-state index in [9.17, 15) is 4.79 Å². The first kappa shape index (κ1) is 9.00. The lowest BCUT2D eigenvalue weighted by Crippen LogP contribution is -1.99. The lowest BCUT2D eigenvalue weighted by molar-refractivity contribution is 0.0693. The van der Waals surface area contributed by atoms with Gasteiger partial charge >= 0.3 is 5.97 Å². The molecule has 0 aromatic carbocycles. The molecule has 12 heavy (non-hydrogen) atoms. The first-order chi connectivity index (χ1) is 5.65. The van der Waals surface area contributed by atoms with Crippen LogP contribution in [-0.2, 0) is 7.05 Å². The standard InChI is InChI=1S/C6H9N2O3P/c1-8-2-4(6(9)10)5(7-8)11-3-12/h2H,3,12H2,1H3,(H,9,10). The summed E-state index contributed by atoms with van der Waals surface area (Å²) < 4.78 is 6.37. The molecule has 6 heteroatoms. The maximum absolute atomic E-state index is 10.6. The van der Waals surface area contributed by atoms with E-state index in [0.717, 1.165) is 0 Å². The number of hydrogen-bond acceptors (Lipinski definition) is 3. The molecule has 1 rings (SSSR count). The molecule has 0 saturated carbocycles. The van der Waals surface area contributed by atoms with E-state index in [0.29, 0.717) is 6.35 Å². The van der Waals surface area contributed by atoms with Crippen LogP contribution in [-0.4, -0.2) is 27.2 Å². The van der Waals surface area contributed by atoms with E-state index >= 15 is 0 Å². The third kappa shape index (κ3) is 1.74.